The van der Waals surface area contributed by atoms with E-state index in [0.29, 0.717) is 11.4 Å². The number of halogens is 2. The summed E-state index contributed by atoms with van der Waals surface area (Å²) >= 11 is 5.78. The molecule has 1 aromatic carbocycles. The third kappa shape index (κ3) is 5.55. The van der Waals surface area contributed by atoms with Crippen molar-refractivity contribution in [3.8, 4) is 5.75 Å². The maximum atomic E-state index is 12.7. The topological polar surface area (TPSA) is 77.5 Å². The molecule has 2 aromatic rings. The van der Waals surface area contributed by atoms with E-state index >= 15 is 0 Å². The molecule has 1 heterocycles. The molecule has 0 atom stereocenters. The van der Waals surface area contributed by atoms with Crippen LogP contribution in [0.2, 0.25) is 5.15 Å². The molecule has 0 spiro atoms. The van der Waals surface area contributed by atoms with Crippen molar-refractivity contribution in [1.82, 2.24) is 4.98 Å². The van der Waals surface area contributed by atoms with Gasteiger partial charge in [-0.2, -0.15) is 0 Å². The van der Waals surface area contributed by atoms with E-state index in [0.717, 1.165) is 0 Å². The van der Waals surface area contributed by atoms with Gasteiger partial charge in [-0.3, -0.25) is 4.79 Å². The van der Waals surface area contributed by atoms with Gasteiger partial charge in [0.25, 0.3) is 5.91 Å². The highest BCUT2D eigenvalue weighted by Crippen LogP contribution is 2.17. The Kier molecular flexibility index (Phi) is 5.87. The van der Waals surface area contributed by atoms with Gasteiger partial charge < -0.3 is 14.8 Å². The van der Waals surface area contributed by atoms with E-state index in [4.69, 9.17) is 21.1 Å². The number of esters is 1. The number of anilines is 1. The van der Waals surface area contributed by atoms with Crippen LogP contribution >= 0.6 is 11.6 Å². The fourth-order valence-electron chi connectivity index (χ4n) is 1.53. The molecule has 0 bridgehead atoms. The Morgan fingerprint density at radius 2 is 1.91 bits per heavy atom. The van der Waals surface area contributed by atoms with E-state index in [1.807, 2.05) is 0 Å². The van der Waals surface area contributed by atoms with Crippen molar-refractivity contribution in [2.45, 2.75) is 0 Å². The number of amides is 1. The van der Waals surface area contributed by atoms with Gasteiger partial charge in [-0.25, -0.2) is 14.2 Å². The Morgan fingerprint density at radius 3 is 2.61 bits per heavy atom. The van der Waals surface area contributed by atoms with Crippen LogP contribution in [0.5, 0.6) is 5.75 Å². The van der Waals surface area contributed by atoms with Crippen LogP contribution in [0.3, 0.4) is 0 Å². The Bertz CT molecular complexity index is 694. The maximum absolute atomic E-state index is 12.7. The van der Waals surface area contributed by atoms with Crippen LogP contribution in [-0.4, -0.2) is 30.1 Å². The SMILES string of the molecule is O=C(COC(=O)COc1ccc(F)cc1)Nc1cccnc1Cl. The van der Waals surface area contributed by atoms with E-state index in [9.17, 15) is 14.0 Å². The van der Waals surface area contributed by atoms with Gasteiger partial charge in [0, 0.05) is 6.20 Å². The molecule has 8 heteroatoms. The largest absolute Gasteiger partial charge is 0.482 e. The molecule has 23 heavy (non-hydrogen) atoms. The van der Waals surface area contributed by atoms with Crippen LogP contribution in [0.1, 0.15) is 0 Å². The molecule has 0 saturated heterocycles. The van der Waals surface area contributed by atoms with E-state index in [2.05, 4.69) is 10.3 Å². The molecule has 1 N–H and O–H groups in total. The smallest absolute Gasteiger partial charge is 0.344 e. The number of aromatic nitrogens is 1. The minimum Gasteiger partial charge on any atom is -0.482 e. The van der Waals surface area contributed by atoms with Crippen LogP contribution in [0.25, 0.3) is 0 Å². The number of hydrogen-bond donors (Lipinski definition) is 1. The van der Waals surface area contributed by atoms with Crippen molar-refractivity contribution in [1.29, 1.82) is 0 Å². The van der Waals surface area contributed by atoms with E-state index in [1.54, 1.807) is 12.1 Å². The molecular weight excluding hydrogens is 327 g/mol. The number of benzene rings is 1. The summed E-state index contributed by atoms with van der Waals surface area (Å²) in [6, 6.07) is 8.31. The standard InChI is InChI=1S/C15H12ClFN2O4/c16-15-12(2-1-7-18-15)19-13(20)8-23-14(21)9-22-11-5-3-10(17)4-6-11/h1-7H,8-9H2,(H,19,20). The van der Waals surface area contributed by atoms with Gasteiger partial charge in [0.1, 0.15) is 11.6 Å². The molecule has 0 unspecified atom stereocenters. The zero-order chi connectivity index (χ0) is 16.7. The third-order valence-electron chi connectivity index (χ3n) is 2.57. The minimum atomic E-state index is -0.734. The van der Waals surface area contributed by atoms with Crippen molar-refractivity contribution in [3.63, 3.8) is 0 Å². The number of ether oxygens (including phenoxy) is 2. The number of carbonyl (C=O) groups excluding carboxylic acids is 2. The highest BCUT2D eigenvalue weighted by molar-refractivity contribution is 6.32. The fourth-order valence-corrected chi connectivity index (χ4v) is 1.69. The van der Waals surface area contributed by atoms with E-state index in [1.165, 1.54) is 30.5 Å². The van der Waals surface area contributed by atoms with Crippen LogP contribution in [0.4, 0.5) is 10.1 Å². The normalized spacial score (nSPS) is 10.0. The second kappa shape index (κ2) is 8.09. The predicted octanol–water partition coefficient (Wildman–Crippen LogP) is 2.43. The average Bonchev–Trinajstić information content (AvgIpc) is 2.54. The number of nitrogens with one attached hydrogen (secondary N) is 1. The Morgan fingerprint density at radius 1 is 1.17 bits per heavy atom. The first-order valence-corrected chi connectivity index (χ1v) is 6.87. The summed E-state index contributed by atoms with van der Waals surface area (Å²) in [6.07, 6.45) is 1.48. The minimum absolute atomic E-state index is 0.131. The molecular formula is C15H12ClFN2O4. The zero-order valence-corrected chi connectivity index (χ0v) is 12.5. The number of rotatable bonds is 6. The molecule has 0 saturated carbocycles. The lowest BCUT2D eigenvalue weighted by Gasteiger charge is -2.08. The molecule has 1 aromatic heterocycles. The number of pyridine rings is 1. The first-order chi connectivity index (χ1) is 11.0. The van der Waals surface area contributed by atoms with Crippen LogP contribution in [0.15, 0.2) is 42.6 Å². The van der Waals surface area contributed by atoms with Crippen LogP contribution < -0.4 is 10.1 Å². The first-order valence-electron chi connectivity index (χ1n) is 6.49. The van der Waals surface area contributed by atoms with Crippen LogP contribution in [-0.2, 0) is 14.3 Å². The number of carbonyl (C=O) groups is 2. The summed E-state index contributed by atoms with van der Waals surface area (Å²) in [4.78, 5) is 26.9. The second-order valence-electron chi connectivity index (χ2n) is 4.29. The fraction of sp³-hybridized carbons (Fsp3) is 0.133. The van der Waals surface area contributed by atoms with E-state index < -0.39 is 30.9 Å². The molecule has 120 valence electrons. The highest BCUT2D eigenvalue weighted by atomic mass is 35.5. The van der Waals surface area contributed by atoms with Gasteiger partial charge in [-0.15, -0.1) is 0 Å². The van der Waals surface area contributed by atoms with E-state index in [-0.39, 0.29) is 5.15 Å². The lowest BCUT2D eigenvalue weighted by atomic mass is 10.3. The highest BCUT2D eigenvalue weighted by Gasteiger charge is 2.10. The molecule has 0 radical (unpaired) electrons. The van der Waals surface area contributed by atoms with Crippen molar-refractivity contribution in [3.05, 3.63) is 53.6 Å². The number of hydrogen-bond acceptors (Lipinski definition) is 5. The molecule has 1 amide bonds. The number of nitrogens with zero attached hydrogens (tertiary/aromatic N) is 1. The third-order valence-corrected chi connectivity index (χ3v) is 2.87. The summed E-state index contributed by atoms with van der Waals surface area (Å²) in [5.41, 5.74) is 0.317. The monoisotopic (exact) mass is 338 g/mol. The van der Waals surface area contributed by atoms with Crippen molar-refractivity contribution in [2.75, 3.05) is 18.5 Å². The van der Waals surface area contributed by atoms with Crippen LogP contribution in [0, 0.1) is 5.82 Å². The Balaban J connectivity index is 1.72. The molecule has 6 nitrogen and oxygen atoms in total. The summed E-state index contributed by atoms with van der Waals surface area (Å²) in [5, 5.41) is 2.58. The molecule has 2 rings (SSSR count). The zero-order valence-electron chi connectivity index (χ0n) is 11.8. The molecule has 0 aliphatic heterocycles. The summed E-state index contributed by atoms with van der Waals surface area (Å²) in [7, 11) is 0. The Labute approximate surface area is 136 Å². The summed E-state index contributed by atoms with van der Waals surface area (Å²) < 4.78 is 22.5. The summed E-state index contributed by atoms with van der Waals surface area (Å²) in [5.74, 6) is -1.39. The van der Waals surface area contributed by atoms with Gasteiger partial charge in [-0.05, 0) is 36.4 Å². The quantitative estimate of drug-likeness (QED) is 0.646. The lowest BCUT2D eigenvalue weighted by molar-refractivity contribution is -0.149. The summed E-state index contributed by atoms with van der Waals surface area (Å²) in [6.45, 7) is -0.886. The van der Waals surface area contributed by atoms with Gasteiger partial charge >= 0.3 is 5.97 Å². The molecule has 0 aliphatic carbocycles. The molecule has 0 fully saturated rings. The Hall–Kier alpha value is -2.67. The average molecular weight is 339 g/mol. The van der Waals surface area contributed by atoms with Gasteiger partial charge in [0.2, 0.25) is 0 Å². The van der Waals surface area contributed by atoms with Gasteiger partial charge in [0.05, 0.1) is 5.69 Å². The van der Waals surface area contributed by atoms with Gasteiger partial charge in [0.15, 0.2) is 18.4 Å². The first kappa shape index (κ1) is 16.7. The predicted molar refractivity (Wildman–Crippen MR) is 80.7 cm³/mol. The van der Waals surface area contributed by atoms with Crippen molar-refractivity contribution < 1.29 is 23.5 Å². The molecule has 0 aliphatic rings. The lowest BCUT2D eigenvalue weighted by Crippen LogP contribution is -2.23. The maximum Gasteiger partial charge on any atom is 0.344 e. The second-order valence-corrected chi connectivity index (χ2v) is 4.65. The van der Waals surface area contributed by atoms with Crippen molar-refractivity contribution in [2.24, 2.45) is 0 Å². The van der Waals surface area contributed by atoms with Crippen molar-refractivity contribution >= 4 is 29.2 Å². The van der Waals surface area contributed by atoms with Gasteiger partial charge in [-0.1, -0.05) is 11.6 Å².